The number of rotatable bonds is 2. The van der Waals surface area contributed by atoms with E-state index in [1.165, 1.54) is 22.3 Å². The second kappa shape index (κ2) is 3.74. The maximum Gasteiger partial charge on any atom is 0.0458 e. The van der Waals surface area contributed by atoms with Gasteiger partial charge in [-0.1, -0.05) is 42.5 Å². The van der Waals surface area contributed by atoms with Gasteiger partial charge in [0, 0.05) is 6.54 Å². The minimum absolute atomic E-state index is 0.504. The molecule has 3 rings (SSSR count). The molecule has 0 atom stereocenters. The van der Waals surface area contributed by atoms with Gasteiger partial charge in [0.25, 0.3) is 0 Å². The molecule has 2 nitrogen and oxygen atoms in total. The molecule has 0 aromatic heterocycles. The van der Waals surface area contributed by atoms with Gasteiger partial charge in [0.2, 0.25) is 0 Å². The summed E-state index contributed by atoms with van der Waals surface area (Å²) in [6.45, 7) is 0.504. The Bertz CT molecular complexity index is 534. The Balaban J connectivity index is 2.07. The fraction of sp³-hybridized carbons (Fsp3) is 0.143. The highest BCUT2D eigenvalue weighted by Gasteiger charge is 2.17. The highest BCUT2D eigenvalue weighted by atomic mass is 16.5. The molecule has 1 aliphatic carbocycles. The first-order chi connectivity index (χ1) is 7.88. The summed E-state index contributed by atoms with van der Waals surface area (Å²) in [4.78, 5) is 0. The molecular formula is C14H13NO. The highest BCUT2D eigenvalue weighted by molar-refractivity contribution is 5.76. The molecule has 0 amide bonds. The first-order valence-electron chi connectivity index (χ1n) is 5.45. The van der Waals surface area contributed by atoms with Crippen LogP contribution >= 0.6 is 0 Å². The van der Waals surface area contributed by atoms with E-state index in [1.807, 2.05) is 0 Å². The normalized spacial score (nSPS) is 12.3. The summed E-state index contributed by atoms with van der Waals surface area (Å²) in [7, 11) is 0. The van der Waals surface area contributed by atoms with Crippen LogP contribution in [0.5, 0.6) is 0 Å². The lowest BCUT2D eigenvalue weighted by Gasteiger charge is -2.04. The van der Waals surface area contributed by atoms with Crippen LogP contribution in [0.3, 0.4) is 0 Å². The Morgan fingerprint density at radius 2 is 1.81 bits per heavy atom. The van der Waals surface area contributed by atoms with Gasteiger partial charge in [0.1, 0.15) is 0 Å². The Labute approximate surface area is 94.5 Å². The fourth-order valence-corrected chi connectivity index (χ4v) is 2.40. The molecule has 0 unspecified atom stereocenters. The quantitative estimate of drug-likeness (QED) is 0.639. The van der Waals surface area contributed by atoms with Crippen LogP contribution in [0.25, 0.3) is 11.1 Å². The maximum atomic E-state index is 8.69. The summed E-state index contributed by atoms with van der Waals surface area (Å²) in [5, 5.41) is 8.69. The van der Waals surface area contributed by atoms with Crippen LogP contribution in [0.15, 0.2) is 42.5 Å². The average Bonchev–Trinajstić information content (AvgIpc) is 2.67. The molecular weight excluding hydrogens is 198 g/mol. The van der Waals surface area contributed by atoms with Gasteiger partial charge in [-0.3, -0.25) is 0 Å². The third kappa shape index (κ3) is 1.43. The Kier molecular flexibility index (Phi) is 2.24. The number of hydrogen-bond donors (Lipinski definition) is 2. The molecule has 2 aromatic carbocycles. The van der Waals surface area contributed by atoms with Gasteiger partial charge in [0.05, 0.1) is 0 Å². The molecule has 0 bridgehead atoms. The van der Waals surface area contributed by atoms with Gasteiger partial charge < -0.3 is 5.21 Å². The molecule has 0 aliphatic heterocycles. The van der Waals surface area contributed by atoms with E-state index >= 15 is 0 Å². The Morgan fingerprint density at radius 1 is 1.00 bits per heavy atom. The van der Waals surface area contributed by atoms with Gasteiger partial charge in [-0.2, -0.15) is 0 Å². The van der Waals surface area contributed by atoms with Crippen molar-refractivity contribution in [3.05, 3.63) is 59.2 Å². The number of hydrogen-bond acceptors (Lipinski definition) is 2. The van der Waals surface area contributed by atoms with E-state index in [2.05, 4.69) is 47.9 Å². The van der Waals surface area contributed by atoms with Crippen LogP contribution in [-0.4, -0.2) is 5.21 Å². The minimum Gasteiger partial charge on any atom is -0.316 e. The van der Waals surface area contributed by atoms with Gasteiger partial charge in [-0.05, 0) is 34.2 Å². The molecule has 0 saturated heterocycles. The topological polar surface area (TPSA) is 32.3 Å². The predicted octanol–water partition coefficient (Wildman–Crippen LogP) is 2.74. The van der Waals surface area contributed by atoms with E-state index in [0.29, 0.717) is 6.54 Å². The largest absolute Gasteiger partial charge is 0.316 e. The molecule has 0 saturated carbocycles. The molecule has 2 heteroatoms. The molecule has 1 aliphatic rings. The van der Waals surface area contributed by atoms with Crippen molar-refractivity contribution in [2.75, 3.05) is 0 Å². The molecule has 0 radical (unpaired) electrons. The molecule has 0 heterocycles. The average molecular weight is 211 g/mol. The second-order valence-electron chi connectivity index (χ2n) is 4.16. The SMILES string of the molecule is ONCc1ccc2c(c1)Cc1ccccc1-2. The molecule has 0 spiro atoms. The van der Waals surface area contributed by atoms with E-state index in [4.69, 9.17) is 5.21 Å². The summed E-state index contributed by atoms with van der Waals surface area (Å²) in [6.07, 6.45) is 1.00. The molecule has 16 heavy (non-hydrogen) atoms. The first-order valence-corrected chi connectivity index (χ1v) is 5.45. The Hall–Kier alpha value is -1.64. The van der Waals surface area contributed by atoms with E-state index in [9.17, 15) is 0 Å². The lowest BCUT2D eigenvalue weighted by Crippen LogP contribution is -2.06. The van der Waals surface area contributed by atoms with E-state index in [-0.39, 0.29) is 0 Å². The summed E-state index contributed by atoms with van der Waals surface area (Å²) >= 11 is 0. The van der Waals surface area contributed by atoms with Crippen LogP contribution in [0.2, 0.25) is 0 Å². The van der Waals surface area contributed by atoms with Gasteiger partial charge in [-0.25, -0.2) is 5.48 Å². The first kappa shape index (κ1) is 9.58. The van der Waals surface area contributed by atoms with Gasteiger partial charge >= 0.3 is 0 Å². The van der Waals surface area contributed by atoms with Crippen LogP contribution in [0.1, 0.15) is 16.7 Å². The van der Waals surface area contributed by atoms with Crippen LogP contribution in [0, 0.1) is 0 Å². The van der Waals surface area contributed by atoms with Gasteiger partial charge in [0.15, 0.2) is 0 Å². The van der Waals surface area contributed by atoms with Crippen molar-refractivity contribution in [2.45, 2.75) is 13.0 Å². The Morgan fingerprint density at radius 3 is 2.69 bits per heavy atom. The van der Waals surface area contributed by atoms with Crippen molar-refractivity contribution < 1.29 is 5.21 Å². The van der Waals surface area contributed by atoms with E-state index < -0.39 is 0 Å². The zero-order chi connectivity index (χ0) is 11.0. The van der Waals surface area contributed by atoms with E-state index in [1.54, 1.807) is 0 Å². The van der Waals surface area contributed by atoms with Crippen LogP contribution in [0.4, 0.5) is 0 Å². The van der Waals surface area contributed by atoms with Crippen LogP contribution < -0.4 is 5.48 Å². The van der Waals surface area contributed by atoms with Crippen molar-refractivity contribution in [1.29, 1.82) is 0 Å². The van der Waals surface area contributed by atoms with Crippen molar-refractivity contribution in [2.24, 2.45) is 0 Å². The lowest BCUT2D eigenvalue weighted by atomic mass is 10.0. The smallest absolute Gasteiger partial charge is 0.0458 e. The summed E-state index contributed by atoms with van der Waals surface area (Å²) in [6, 6.07) is 14.9. The summed E-state index contributed by atoms with van der Waals surface area (Å²) < 4.78 is 0. The minimum atomic E-state index is 0.504. The third-order valence-corrected chi connectivity index (χ3v) is 3.14. The van der Waals surface area contributed by atoms with Crippen molar-refractivity contribution in [3.63, 3.8) is 0 Å². The molecule has 0 fully saturated rings. The fourth-order valence-electron chi connectivity index (χ4n) is 2.40. The van der Waals surface area contributed by atoms with Gasteiger partial charge in [-0.15, -0.1) is 0 Å². The zero-order valence-corrected chi connectivity index (χ0v) is 8.90. The van der Waals surface area contributed by atoms with Crippen molar-refractivity contribution in [1.82, 2.24) is 5.48 Å². The summed E-state index contributed by atoms with van der Waals surface area (Å²) in [5.74, 6) is 0. The monoisotopic (exact) mass is 211 g/mol. The summed E-state index contributed by atoms with van der Waals surface area (Å²) in [5.41, 5.74) is 8.75. The molecule has 80 valence electrons. The third-order valence-electron chi connectivity index (χ3n) is 3.14. The van der Waals surface area contributed by atoms with E-state index in [0.717, 1.165) is 12.0 Å². The number of nitrogens with one attached hydrogen (secondary N) is 1. The number of benzene rings is 2. The van der Waals surface area contributed by atoms with Crippen molar-refractivity contribution >= 4 is 0 Å². The maximum absolute atomic E-state index is 8.69. The number of fused-ring (bicyclic) bond motifs is 3. The molecule has 2 aromatic rings. The lowest BCUT2D eigenvalue weighted by molar-refractivity contribution is 0.161. The highest BCUT2D eigenvalue weighted by Crippen LogP contribution is 2.36. The predicted molar refractivity (Wildman–Crippen MR) is 63.3 cm³/mol. The number of hydroxylamine groups is 1. The molecule has 2 N–H and O–H groups in total. The van der Waals surface area contributed by atoms with Crippen molar-refractivity contribution in [3.8, 4) is 11.1 Å². The second-order valence-corrected chi connectivity index (χ2v) is 4.16. The zero-order valence-electron chi connectivity index (χ0n) is 8.90. The standard InChI is InChI=1S/C14H13NO/c16-15-9-10-5-6-14-12(7-10)8-11-3-1-2-4-13(11)14/h1-7,15-16H,8-9H2. The van der Waals surface area contributed by atoms with Crippen LogP contribution in [-0.2, 0) is 13.0 Å².